The van der Waals surface area contributed by atoms with Crippen molar-refractivity contribution in [3.8, 4) is 11.4 Å². The number of hydrogen-bond donors (Lipinski definition) is 0. The molecule has 4 aromatic rings. The average molecular weight is 373 g/mol. The molecule has 1 saturated heterocycles. The fourth-order valence-corrected chi connectivity index (χ4v) is 4.00. The van der Waals surface area contributed by atoms with Crippen molar-refractivity contribution in [1.82, 2.24) is 29.3 Å². The van der Waals surface area contributed by atoms with Crippen LogP contribution >= 0.6 is 0 Å². The third kappa shape index (κ3) is 2.93. The van der Waals surface area contributed by atoms with Crippen LogP contribution in [0.1, 0.15) is 25.5 Å². The number of fused-ring (bicyclic) bond motifs is 1. The maximum absolute atomic E-state index is 4.84. The van der Waals surface area contributed by atoms with E-state index in [-0.39, 0.29) is 0 Å². The monoisotopic (exact) mass is 373 g/mol. The van der Waals surface area contributed by atoms with Gasteiger partial charge in [-0.1, -0.05) is 0 Å². The van der Waals surface area contributed by atoms with E-state index in [4.69, 9.17) is 9.97 Å². The average Bonchev–Trinajstić information content (AvgIpc) is 3.42. The summed E-state index contributed by atoms with van der Waals surface area (Å²) >= 11 is 0. The largest absolute Gasteiger partial charge is 0.354 e. The van der Waals surface area contributed by atoms with Crippen molar-refractivity contribution in [2.45, 2.75) is 32.4 Å². The van der Waals surface area contributed by atoms with Crippen LogP contribution in [0.15, 0.2) is 48.9 Å². The molecule has 7 nitrogen and oxygen atoms in total. The Hall–Kier alpha value is -3.22. The number of anilines is 1. The summed E-state index contributed by atoms with van der Waals surface area (Å²) in [6, 6.07) is 10.7. The normalized spacial score (nSPS) is 16.9. The molecule has 0 aromatic carbocycles. The highest BCUT2D eigenvalue weighted by Gasteiger charge is 2.22. The lowest BCUT2D eigenvalue weighted by molar-refractivity contribution is 0.714. The quantitative estimate of drug-likeness (QED) is 0.549. The van der Waals surface area contributed by atoms with Gasteiger partial charge in [0.15, 0.2) is 5.65 Å². The molecular formula is C21H23N7. The number of aromatic nitrogens is 6. The fourth-order valence-electron chi connectivity index (χ4n) is 4.00. The van der Waals surface area contributed by atoms with Gasteiger partial charge in [-0.25, -0.2) is 15.0 Å². The Kier molecular flexibility index (Phi) is 4.07. The Labute approximate surface area is 163 Å². The summed E-state index contributed by atoms with van der Waals surface area (Å²) in [7, 11) is 1.93. The molecule has 1 atom stereocenters. The molecule has 142 valence electrons. The summed E-state index contributed by atoms with van der Waals surface area (Å²) in [4.78, 5) is 16.5. The number of aryl methyl sites for hydroxylation is 1. The van der Waals surface area contributed by atoms with Gasteiger partial charge in [-0.05, 0) is 50.1 Å². The Bertz CT molecular complexity index is 1110. The number of pyridine rings is 2. The fraction of sp³-hybridized carbons (Fsp3) is 0.333. The maximum Gasteiger partial charge on any atom is 0.160 e. The summed E-state index contributed by atoms with van der Waals surface area (Å²) < 4.78 is 3.93. The van der Waals surface area contributed by atoms with Gasteiger partial charge >= 0.3 is 0 Å². The van der Waals surface area contributed by atoms with Crippen molar-refractivity contribution in [3.05, 3.63) is 54.6 Å². The molecule has 28 heavy (non-hydrogen) atoms. The molecule has 7 heteroatoms. The number of imidazole rings is 1. The minimum atomic E-state index is 0.552. The molecule has 0 radical (unpaired) electrons. The van der Waals surface area contributed by atoms with Gasteiger partial charge in [0.05, 0.1) is 12.2 Å². The number of hydrogen-bond acceptors (Lipinski definition) is 5. The van der Waals surface area contributed by atoms with Gasteiger partial charge in [-0.15, -0.1) is 0 Å². The Morgan fingerprint density at radius 2 is 2.07 bits per heavy atom. The van der Waals surface area contributed by atoms with Crippen LogP contribution in [0.3, 0.4) is 0 Å². The lowest BCUT2D eigenvalue weighted by Gasteiger charge is -2.22. The van der Waals surface area contributed by atoms with Crippen LogP contribution in [-0.4, -0.2) is 41.9 Å². The van der Waals surface area contributed by atoms with Gasteiger partial charge in [0.1, 0.15) is 17.2 Å². The highest BCUT2D eigenvalue weighted by atomic mass is 15.3. The van der Waals surface area contributed by atoms with Gasteiger partial charge in [-0.2, -0.15) is 5.10 Å². The predicted octanol–water partition coefficient (Wildman–Crippen LogP) is 3.26. The molecule has 0 spiro atoms. The maximum atomic E-state index is 4.84. The van der Waals surface area contributed by atoms with Crippen LogP contribution < -0.4 is 4.90 Å². The second kappa shape index (κ2) is 6.74. The van der Waals surface area contributed by atoms with Crippen molar-refractivity contribution in [2.24, 2.45) is 7.05 Å². The predicted molar refractivity (Wildman–Crippen MR) is 109 cm³/mol. The molecular weight excluding hydrogens is 350 g/mol. The van der Waals surface area contributed by atoms with E-state index in [2.05, 4.69) is 38.6 Å². The zero-order valence-electron chi connectivity index (χ0n) is 16.2. The molecule has 0 amide bonds. The molecule has 0 saturated carbocycles. The summed E-state index contributed by atoms with van der Waals surface area (Å²) in [5, 5.41) is 4.52. The van der Waals surface area contributed by atoms with E-state index in [1.807, 2.05) is 42.3 Å². The molecule has 5 heterocycles. The highest BCUT2D eigenvalue weighted by molar-refractivity contribution is 5.77. The van der Waals surface area contributed by atoms with Crippen molar-refractivity contribution >= 4 is 17.0 Å². The second-order valence-corrected chi connectivity index (χ2v) is 7.44. The zero-order valence-corrected chi connectivity index (χ0v) is 16.2. The number of rotatable bonds is 4. The van der Waals surface area contributed by atoms with E-state index in [1.165, 1.54) is 12.8 Å². The molecule has 0 bridgehead atoms. The SMILES string of the molecule is CC1CCCN1c1ccc(-c2nc3cccnc3n2Cc2ccn(C)n2)cn1. The van der Waals surface area contributed by atoms with E-state index in [0.717, 1.165) is 40.6 Å². The lowest BCUT2D eigenvalue weighted by atomic mass is 10.2. The van der Waals surface area contributed by atoms with Crippen LogP contribution in [-0.2, 0) is 13.6 Å². The highest BCUT2D eigenvalue weighted by Crippen LogP contribution is 2.28. The summed E-state index contributed by atoms with van der Waals surface area (Å²) in [6.45, 7) is 3.96. The van der Waals surface area contributed by atoms with Crippen LogP contribution in [0.2, 0.25) is 0 Å². The molecule has 1 unspecified atom stereocenters. The van der Waals surface area contributed by atoms with Gasteiger partial charge in [0.25, 0.3) is 0 Å². The van der Waals surface area contributed by atoms with Crippen LogP contribution in [0.4, 0.5) is 5.82 Å². The molecule has 1 aliphatic rings. The van der Waals surface area contributed by atoms with Crippen LogP contribution in [0.5, 0.6) is 0 Å². The van der Waals surface area contributed by atoms with Crippen molar-refractivity contribution in [3.63, 3.8) is 0 Å². The van der Waals surface area contributed by atoms with Gasteiger partial charge in [-0.3, -0.25) is 4.68 Å². The van der Waals surface area contributed by atoms with E-state index in [0.29, 0.717) is 12.6 Å². The van der Waals surface area contributed by atoms with E-state index in [9.17, 15) is 0 Å². The minimum Gasteiger partial charge on any atom is -0.354 e. The van der Waals surface area contributed by atoms with Crippen molar-refractivity contribution in [2.75, 3.05) is 11.4 Å². The van der Waals surface area contributed by atoms with E-state index >= 15 is 0 Å². The first-order valence-corrected chi connectivity index (χ1v) is 9.72. The standard InChI is InChI=1S/C21H23N7/c1-15-5-4-11-27(15)19-8-7-16(13-23-19)20-24-18-6-3-10-22-21(18)28(20)14-17-9-12-26(2)25-17/h3,6-10,12-13,15H,4-5,11,14H2,1-2H3. The minimum absolute atomic E-state index is 0.552. The van der Waals surface area contributed by atoms with E-state index < -0.39 is 0 Å². The molecule has 1 aliphatic heterocycles. The smallest absolute Gasteiger partial charge is 0.160 e. The zero-order chi connectivity index (χ0) is 19.1. The first-order chi connectivity index (χ1) is 13.7. The molecule has 0 aliphatic carbocycles. The van der Waals surface area contributed by atoms with Gasteiger partial charge < -0.3 is 9.47 Å². The molecule has 5 rings (SSSR count). The Morgan fingerprint density at radius 3 is 2.79 bits per heavy atom. The topological polar surface area (TPSA) is 64.7 Å². The molecule has 1 fully saturated rings. The van der Waals surface area contributed by atoms with Crippen molar-refractivity contribution < 1.29 is 0 Å². The molecule has 4 aromatic heterocycles. The summed E-state index contributed by atoms with van der Waals surface area (Å²) in [5.74, 6) is 1.91. The number of nitrogens with zero attached hydrogens (tertiary/aromatic N) is 7. The Balaban J connectivity index is 1.55. The third-order valence-corrected chi connectivity index (χ3v) is 5.45. The summed E-state index contributed by atoms with van der Waals surface area (Å²) in [6.07, 6.45) is 8.15. The second-order valence-electron chi connectivity index (χ2n) is 7.44. The lowest BCUT2D eigenvalue weighted by Crippen LogP contribution is -2.26. The third-order valence-electron chi connectivity index (χ3n) is 5.45. The summed E-state index contributed by atoms with van der Waals surface area (Å²) in [5.41, 5.74) is 3.71. The first-order valence-electron chi connectivity index (χ1n) is 9.72. The first kappa shape index (κ1) is 16.9. The van der Waals surface area contributed by atoms with Crippen molar-refractivity contribution in [1.29, 1.82) is 0 Å². The van der Waals surface area contributed by atoms with Crippen LogP contribution in [0.25, 0.3) is 22.6 Å². The van der Waals surface area contributed by atoms with Gasteiger partial charge in [0.2, 0.25) is 0 Å². The van der Waals surface area contributed by atoms with Crippen LogP contribution in [0, 0.1) is 0 Å². The van der Waals surface area contributed by atoms with Gasteiger partial charge in [0, 0.05) is 43.8 Å². The molecule has 0 N–H and O–H groups in total. The Morgan fingerprint density at radius 1 is 1.14 bits per heavy atom. The van der Waals surface area contributed by atoms with E-state index in [1.54, 1.807) is 6.20 Å².